The SMILES string of the molecule is CC1CCC(C)N(Cc2occc2CNC(C)(C)C)C1. The van der Waals surface area contributed by atoms with E-state index in [1.165, 1.54) is 24.9 Å². The average molecular weight is 278 g/mol. The number of nitrogens with zero attached hydrogens (tertiary/aromatic N) is 1. The van der Waals surface area contributed by atoms with Gasteiger partial charge in [-0.3, -0.25) is 4.90 Å². The van der Waals surface area contributed by atoms with Gasteiger partial charge in [-0.2, -0.15) is 0 Å². The smallest absolute Gasteiger partial charge is 0.122 e. The minimum Gasteiger partial charge on any atom is -0.468 e. The van der Waals surface area contributed by atoms with E-state index in [1.54, 1.807) is 0 Å². The normalized spacial score (nSPS) is 25.1. The van der Waals surface area contributed by atoms with E-state index in [-0.39, 0.29) is 5.54 Å². The van der Waals surface area contributed by atoms with Crippen molar-refractivity contribution in [1.29, 1.82) is 0 Å². The van der Waals surface area contributed by atoms with Gasteiger partial charge in [0.05, 0.1) is 12.8 Å². The lowest BCUT2D eigenvalue weighted by Gasteiger charge is -2.36. The summed E-state index contributed by atoms with van der Waals surface area (Å²) in [4.78, 5) is 2.56. The molecule has 0 radical (unpaired) electrons. The molecule has 0 saturated carbocycles. The van der Waals surface area contributed by atoms with Crippen molar-refractivity contribution in [3.63, 3.8) is 0 Å². The number of rotatable bonds is 4. The molecule has 3 heteroatoms. The van der Waals surface area contributed by atoms with Crippen molar-refractivity contribution in [2.24, 2.45) is 5.92 Å². The van der Waals surface area contributed by atoms with Gasteiger partial charge in [0.25, 0.3) is 0 Å². The van der Waals surface area contributed by atoms with Crippen LogP contribution in [-0.4, -0.2) is 23.0 Å². The molecule has 2 rings (SSSR count). The Morgan fingerprint density at radius 2 is 2.05 bits per heavy atom. The van der Waals surface area contributed by atoms with Crippen molar-refractivity contribution in [3.05, 3.63) is 23.7 Å². The number of nitrogens with one attached hydrogen (secondary N) is 1. The van der Waals surface area contributed by atoms with E-state index >= 15 is 0 Å². The summed E-state index contributed by atoms with van der Waals surface area (Å²) in [5, 5.41) is 3.54. The van der Waals surface area contributed by atoms with Crippen LogP contribution in [0.2, 0.25) is 0 Å². The molecule has 2 heterocycles. The summed E-state index contributed by atoms with van der Waals surface area (Å²) in [7, 11) is 0. The maximum atomic E-state index is 5.73. The molecule has 2 unspecified atom stereocenters. The van der Waals surface area contributed by atoms with Gasteiger partial charge in [-0.1, -0.05) is 6.92 Å². The number of hydrogen-bond acceptors (Lipinski definition) is 3. The molecule has 2 atom stereocenters. The van der Waals surface area contributed by atoms with Gasteiger partial charge in [-0.25, -0.2) is 0 Å². The van der Waals surface area contributed by atoms with Gasteiger partial charge in [0, 0.05) is 30.2 Å². The average Bonchev–Trinajstić information content (AvgIpc) is 2.78. The van der Waals surface area contributed by atoms with E-state index in [0.717, 1.165) is 24.8 Å². The summed E-state index contributed by atoms with van der Waals surface area (Å²) >= 11 is 0. The molecule has 1 aromatic rings. The van der Waals surface area contributed by atoms with Crippen LogP contribution in [0.3, 0.4) is 0 Å². The lowest BCUT2D eigenvalue weighted by molar-refractivity contribution is 0.108. The Morgan fingerprint density at radius 3 is 2.75 bits per heavy atom. The molecule has 1 aliphatic rings. The van der Waals surface area contributed by atoms with Gasteiger partial charge < -0.3 is 9.73 Å². The standard InChI is InChI=1S/C17H30N2O/c1-13-6-7-14(2)19(11-13)12-16-15(8-9-20-16)10-18-17(3,4)5/h8-9,13-14,18H,6-7,10-12H2,1-5H3. The molecule has 1 saturated heterocycles. The molecular weight excluding hydrogens is 248 g/mol. The molecule has 114 valence electrons. The zero-order valence-corrected chi connectivity index (χ0v) is 13.7. The van der Waals surface area contributed by atoms with E-state index in [0.29, 0.717) is 6.04 Å². The molecule has 1 N–H and O–H groups in total. The van der Waals surface area contributed by atoms with Crippen LogP contribution in [-0.2, 0) is 13.1 Å². The van der Waals surface area contributed by atoms with Crippen LogP contribution in [0.25, 0.3) is 0 Å². The third-order valence-electron chi connectivity index (χ3n) is 4.24. The van der Waals surface area contributed by atoms with Gasteiger partial charge in [-0.15, -0.1) is 0 Å². The quantitative estimate of drug-likeness (QED) is 0.908. The Morgan fingerprint density at radius 1 is 1.30 bits per heavy atom. The number of likely N-dealkylation sites (tertiary alicyclic amines) is 1. The molecule has 0 aromatic carbocycles. The van der Waals surface area contributed by atoms with Gasteiger partial charge in [0.1, 0.15) is 5.76 Å². The first kappa shape index (κ1) is 15.6. The van der Waals surface area contributed by atoms with E-state index in [4.69, 9.17) is 4.42 Å². The van der Waals surface area contributed by atoms with Crippen LogP contribution < -0.4 is 5.32 Å². The molecule has 0 bridgehead atoms. The summed E-state index contributed by atoms with van der Waals surface area (Å²) in [6.45, 7) is 14.3. The largest absolute Gasteiger partial charge is 0.468 e. The second-order valence-electron chi connectivity index (χ2n) is 7.43. The molecule has 0 aliphatic carbocycles. The third-order valence-corrected chi connectivity index (χ3v) is 4.24. The minimum absolute atomic E-state index is 0.140. The third kappa shape index (κ3) is 4.35. The van der Waals surface area contributed by atoms with Crippen LogP contribution in [0.5, 0.6) is 0 Å². The number of piperidine rings is 1. The molecular formula is C17H30N2O. The monoisotopic (exact) mass is 278 g/mol. The highest BCUT2D eigenvalue weighted by Crippen LogP contribution is 2.24. The van der Waals surface area contributed by atoms with Crippen LogP contribution in [0.1, 0.15) is 58.8 Å². The molecule has 0 amide bonds. The fourth-order valence-electron chi connectivity index (χ4n) is 2.81. The maximum absolute atomic E-state index is 5.73. The van der Waals surface area contributed by atoms with E-state index < -0.39 is 0 Å². The number of furan rings is 1. The first-order chi connectivity index (χ1) is 9.35. The van der Waals surface area contributed by atoms with Crippen molar-refractivity contribution in [2.75, 3.05) is 6.54 Å². The van der Waals surface area contributed by atoms with Crippen LogP contribution in [0, 0.1) is 5.92 Å². The Kier molecular flexibility index (Phi) is 4.92. The summed E-state index contributed by atoms with van der Waals surface area (Å²) in [6.07, 6.45) is 4.48. The Bertz CT molecular complexity index is 419. The summed E-state index contributed by atoms with van der Waals surface area (Å²) < 4.78 is 5.73. The highest BCUT2D eigenvalue weighted by atomic mass is 16.3. The molecule has 1 aromatic heterocycles. The van der Waals surface area contributed by atoms with Crippen molar-refractivity contribution in [3.8, 4) is 0 Å². The van der Waals surface area contributed by atoms with Gasteiger partial charge in [0.15, 0.2) is 0 Å². The van der Waals surface area contributed by atoms with Crippen molar-refractivity contribution < 1.29 is 4.42 Å². The van der Waals surface area contributed by atoms with Crippen LogP contribution >= 0.6 is 0 Å². The van der Waals surface area contributed by atoms with E-state index in [9.17, 15) is 0 Å². The second-order valence-corrected chi connectivity index (χ2v) is 7.43. The Balaban J connectivity index is 1.97. The fourth-order valence-corrected chi connectivity index (χ4v) is 2.81. The van der Waals surface area contributed by atoms with Crippen molar-refractivity contribution in [1.82, 2.24) is 10.2 Å². The van der Waals surface area contributed by atoms with E-state index in [2.05, 4.69) is 50.9 Å². The minimum atomic E-state index is 0.140. The first-order valence-electron chi connectivity index (χ1n) is 7.89. The maximum Gasteiger partial charge on any atom is 0.122 e. The van der Waals surface area contributed by atoms with Crippen molar-refractivity contribution >= 4 is 0 Å². The Hall–Kier alpha value is -0.800. The summed E-state index contributed by atoms with van der Waals surface area (Å²) in [5.41, 5.74) is 1.44. The predicted molar refractivity (Wildman–Crippen MR) is 83.6 cm³/mol. The zero-order valence-electron chi connectivity index (χ0n) is 13.7. The van der Waals surface area contributed by atoms with Crippen LogP contribution in [0.15, 0.2) is 16.7 Å². The van der Waals surface area contributed by atoms with Crippen molar-refractivity contribution in [2.45, 2.75) is 72.1 Å². The van der Waals surface area contributed by atoms with Gasteiger partial charge >= 0.3 is 0 Å². The fraction of sp³-hybridized carbons (Fsp3) is 0.765. The molecule has 0 spiro atoms. The van der Waals surface area contributed by atoms with E-state index in [1.807, 2.05) is 6.26 Å². The molecule has 20 heavy (non-hydrogen) atoms. The molecule has 1 aliphatic heterocycles. The number of hydrogen-bond donors (Lipinski definition) is 1. The highest BCUT2D eigenvalue weighted by molar-refractivity contribution is 5.17. The second kappa shape index (κ2) is 6.31. The summed E-state index contributed by atoms with van der Waals surface area (Å²) in [6, 6.07) is 2.77. The topological polar surface area (TPSA) is 28.4 Å². The highest BCUT2D eigenvalue weighted by Gasteiger charge is 2.24. The van der Waals surface area contributed by atoms with Gasteiger partial charge in [0.2, 0.25) is 0 Å². The summed E-state index contributed by atoms with van der Waals surface area (Å²) in [5.74, 6) is 1.93. The zero-order chi connectivity index (χ0) is 14.8. The van der Waals surface area contributed by atoms with Crippen LogP contribution in [0.4, 0.5) is 0 Å². The Labute approximate surface area is 123 Å². The predicted octanol–water partition coefficient (Wildman–Crippen LogP) is 3.79. The lowest BCUT2D eigenvalue weighted by atomic mass is 9.95. The first-order valence-corrected chi connectivity index (χ1v) is 7.89. The molecule has 3 nitrogen and oxygen atoms in total. The molecule has 1 fully saturated rings. The lowest BCUT2D eigenvalue weighted by Crippen LogP contribution is -2.40. The van der Waals surface area contributed by atoms with Gasteiger partial charge in [-0.05, 0) is 52.5 Å².